The van der Waals surface area contributed by atoms with Gasteiger partial charge in [0.15, 0.2) is 0 Å². The van der Waals surface area contributed by atoms with Crippen molar-refractivity contribution in [3.8, 4) is 0 Å². The minimum atomic E-state index is -0.757. The zero-order valence-electron chi connectivity index (χ0n) is 4.91. The average Bonchev–Trinajstić information content (AvgIpc) is 2.13. The molecule has 0 aliphatic carbocycles. The molecule has 4 heteroatoms. The normalized spacial score (nSPS) is 34.8. The predicted octanol–water partition coefficient (Wildman–Crippen LogP) is -0.239. The first kappa shape index (κ1) is 6.89. The maximum Gasteiger partial charge on any atom is 0.308 e. The van der Waals surface area contributed by atoms with Gasteiger partial charge in [0.2, 0.25) is 0 Å². The van der Waals surface area contributed by atoms with E-state index in [0.29, 0.717) is 5.75 Å². The molecule has 9 heavy (non-hydrogen) atoms. The highest BCUT2D eigenvalue weighted by molar-refractivity contribution is 7.99. The largest absolute Gasteiger partial charge is 0.481 e. The lowest BCUT2D eigenvalue weighted by atomic mass is 10.1. The lowest BCUT2D eigenvalue weighted by Gasteiger charge is -2.06. The second-order valence-corrected chi connectivity index (χ2v) is 3.22. The van der Waals surface area contributed by atoms with Gasteiger partial charge in [-0.15, -0.1) is 0 Å². The van der Waals surface area contributed by atoms with E-state index in [-0.39, 0.29) is 12.0 Å². The van der Waals surface area contributed by atoms with Crippen LogP contribution in [0.3, 0.4) is 0 Å². The van der Waals surface area contributed by atoms with Gasteiger partial charge < -0.3 is 10.8 Å². The molecule has 0 radical (unpaired) electrons. The first-order chi connectivity index (χ1) is 4.22. The summed E-state index contributed by atoms with van der Waals surface area (Å²) < 4.78 is 0. The Bertz CT molecular complexity index is 128. The summed E-state index contributed by atoms with van der Waals surface area (Å²) >= 11 is 1.61. The molecule has 3 nitrogen and oxygen atoms in total. The van der Waals surface area contributed by atoms with Gasteiger partial charge >= 0.3 is 5.97 Å². The lowest BCUT2D eigenvalue weighted by Crippen LogP contribution is -2.33. The van der Waals surface area contributed by atoms with Crippen LogP contribution in [0.4, 0.5) is 0 Å². The number of nitrogens with two attached hydrogens (primary N) is 1. The fourth-order valence-corrected chi connectivity index (χ4v) is 2.11. The molecule has 1 rings (SSSR count). The molecule has 3 N–H and O–H groups in total. The van der Waals surface area contributed by atoms with Crippen LogP contribution in [0.2, 0.25) is 0 Å². The van der Waals surface area contributed by atoms with Crippen molar-refractivity contribution in [2.75, 3.05) is 11.5 Å². The van der Waals surface area contributed by atoms with Crippen LogP contribution in [0, 0.1) is 5.92 Å². The number of hydrogen-bond donors (Lipinski definition) is 2. The summed E-state index contributed by atoms with van der Waals surface area (Å²) in [5, 5.41) is 8.49. The van der Waals surface area contributed by atoms with E-state index in [0.717, 1.165) is 5.75 Å². The number of hydrogen-bond acceptors (Lipinski definition) is 3. The van der Waals surface area contributed by atoms with Crippen molar-refractivity contribution < 1.29 is 9.90 Å². The summed E-state index contributed by atoms with van der Waals surface area (Å²) in [5.74, 6) is 0.399. The number of carbonyl (C=O) groups is 1. The van der Waals surface area contributed by atoms with Gasteiger partial charge in [-0.05, 0) is 0 Å². The molecule has 0 amide bonds. The molecule has 1 saturated heterocycles. The fourth-order valence-electron chi connectivity index (χ4n) is 0.825. The molecule has 0 saturated carbocycles. The van der Waals surface area contributed by atoms with Crippen LogP contribution in [-0.4, -0.2) is 28.6 Å². The van der Waals surface area contributed by atoms with Gasteiger partial charge in [-0.1, -0.05) is 0 Å². The third-order valence-electron chi connectivity index (χ3n) is 1.44. The Kier molecular flexibility index (Phi) is 1.97. The molecule has 1 aliphatic heterocycles. The van der Waals surface area contributed by atoms with Crippen molar-refractivity contribution in [1.82, 2.24) is 0 Å². The van der Waals surface area contributed by atoms with Gasteiger partial charge in [-0.3, -0.25) is 4.79 Å². The Morgan fingerprint density at radius 2 is 2.33 bits per heavy atom. The second kappa shape index (κ2) is 2.58. The molecule has 52 valence electrons. The predicted molar refractivity (Wildman–Crippen MR) is 36.4 cm³/mol. The maximum absolute atomic E-state index is 10.3. The van der Waals surface area contributed by atoms with Crippen molar-refractivity contribution in [2.45, 2.75) is 6.04 Å². The highest BCUT2D eigenvalue weighted by Gasteiger charge is 2.30. The second-order valence-electron chi connectivity index (χ2n) is 2.15. The van der Waals surface area contributed by atoms with Gasteiger partial charge in [-0.2, -0.15) is 11.8 Å². The zero-order chi connectivity index (χ0) is 6.85. The van der Waals surface area contributed by atoms with Crippen molar-refractivity contribution in [1.29, 1.82) is 0 Å². The number of aliphatic carboxylic acids is 1. The molecular weight excluding hydrogens is 138 g/mol. The summed E-state index contributed by atoms with van der Waals surface area (Å²) in [5.41, 5.74) is 5.48. The van der Waals surface area contributed by atoms with Gasteiger partial charge in [0.05, 0.1) is 5.92 Å². The van der Waals surface area contributed by atoms with Crippen LogP contribution in [0.1, 0.15) is 0 Å². The van der Waals surface area contributed by atoms with Crippen LogP contribution >= 0.6 is 11.8 Å². The maximum atomic E-state index is 10.3. The Hall–Kier alpha value is -0.220. The minimum Gasteiger partial charge on any atom is -0.481 e. The topological polar surface area (TPSA) is 63.3 Å². The van der Waals surface area contributed by atoms with Crippen LogP contribution in [0.5, 0.6) is 0 Å². The first-order valence-electron chi connectivity index (χ1n) is 2.78. The molecule has 1 fully saturated rings. The minimum absolute atomic E-state index is 0.132. The lowest BCUT2D eigenvalue weighted by molar-refractivity contribution is -0.141. The number of carboxylic acids is 1. The van der Waals surface area contributed by atoms with E-state index in [1.165, 1.54) is 0 Å². The summed E-state index contributed by atoms with van der Waals surface area (Å²) in [7, 11) is 0. The van der Waals surface area contributed by atoms with Crippen LogP contribution in [-0.2, 0) is 4.79 Å². The molecule has 2 atom stereocenters. The van der Waals surface area contributed by atoms with Gasteiger partial charge in [0.25, 0.3) is 0 Å². The van der Waals surface area contributed by atoms with Crippen molar-refractivity contribution in [2.24, 2.45) is 11.7 Å². The van der Waals surface area contributed by atoms with Crippen LogP contribution < -0.4 is 5.73 Å². The van der Waals surface area contributed by atoms with E-state index in [1.54, 1.807) is 11.8 Å². The first-order valence-corrected chi connectivity index (χ1v) is 3.93. The van der Waals surface area contributed by atoms with Gasteiger partial charge in [0, 0.05) is 17.5 Å². The highest BCUT2D eigenvalue weighted by Crippen LogP contribution is 2.22. The van der Waals surface area contributed by atoms with E-state index >= 15 is 0 Å². The third kappa shape index (κ3) is 1.37. The van der Waals surface area contributed by atoms with Crippen molar-refractivity contribution in [3.05, 3.63) is 0 Å². The summed E-state index contributed by atoms with van der Waals surface area (Å²) in [6.07, 6.45) is 0. The zero-order valence-corrected chi connectivity index (χ0v) is 5.73. The molecule has 1 aliphatic rings. The Morgan fingerprint density at radius 1 is 1.67 bits per heavy atom. The van der Waals surface area contributed by atoms with Crippen molar-refractivity contribution >= 4 is 17.7 Å². The number of carboxylic acid groups (broad SMARTS) is 1. The van der Waals surface area contributed by atoms with E-state index in [4.69, 9.17) is 10.8 Å². The summed E-state index contributed by atoms with van der Waals surface area (Å²) in [4.78, 5) is 10.3. The SMILES string of the molecule is N[C@H]1CSC[C@@H]1C(=O)O. The molecule has 0 spiro atoms. The van der Waals surface area contributed by atoms with E-state index in [1.807, 2.05) is 0 Å². The molecule has 0 unspecified atom stereocenters. The smallest absolute Gasteiger partial charge is 0.308 e. The standard InChI is InChI=1S/C5H9NO2S/c6-4-2-9-1-3(4)5(7)8/h3-4H,1-2,6H2,(H,7,8)/t3-,4-/m0/s1. The molecule has 0 aromatic rings. The van der Waals surface area contributed by atoms with Crippen LogP contribution in [0.25, 0.3) is 0 Å². The average molecular weight is 147 g/mol. The summed E-state index contributed by atoms with van der Waals surface area (Å²) in [6, 6.07) is -0.132. The highest BCUT2D eigenvalue weighted by atomic mass is 32.2. The molecule has 0 aromatic heterocycles. The van der Waals surface area contributed by atoms with Gasteiger partial charge in [-0.25, -0.2) is 0 Å². The monoisotopic (exact) mass is 147 g/mol. The molecule has 1 heterocycles. The van der Waals surface area contributed by atoms with Crippen molar-refractivity contribution in [3.63, 3.8) is 0 Å². The summed E-state index contributed by atoms with van der Waals surface area (Å²) in [6.45, 7) is 0. The van der Waals surface area contributed by atoms with E-state index in [2.05, 4.69) is 0 Å². The van der Waals surface area contributed by atoms with Crippen LogP contribution in [0.15, 0.2) is 0 Å². The number of thioether (sulfide) groups is 1. The molecular formula is C5H9NO2S. The van der Waals surface area contributed by atoms with Gasteiger partial charge in [0.1, 0.15) is 0 Å². The molecule has 0 bridgehead atoms. The number of rotatable bonds is 1. The third-order valence-corrected chi connectivity index (χ3v) is 2.66. The Balaban J connectivity index is 2.49. The fraction of sp³-hybridized carbons (Fsp3) is 0.800. The molecule has 0 aromatic carbocycles. The quantitative estimate of drug-likeness (QED) is 0.537. The Labute approximate surface area is 57.6 Å². The van der Waals surface area contributed by atoms with E-state index in [9.17, 15) is 4.79 Å². The Morgan fingerprint density at radius 3 is 2.56 bits per heavy atom. The van der Waals surface area contributed by atoms with E-state index < -0.39 is 5.97 Å².